The first kappa shape index (κ1) is 15.8. The molecule has 1 aromatic carbocycles. The fourth-order valence-electron chi connectivity index (χ4n) is 2.41. The van der Waals surface area contributed by atoms with Gasteiger partial charge in [0.2, 0.25) is 0 Å². The van der Waals surface area contributed by atoms with Gasteiger partial charge in [-0.3, -0.25) is 9.36 Å². The van der Waals surface area contributed by atoms with Crippen LogP contribution in [0.1, 0.15) is 37.0 Å². The zero-order valence-corrected chi connectivity index (χ0v) is 12.8. The van der Waals surface area contributed by atoms with Crippen molar-refractivity contribution in [1.82, 2.24) is 14.9 Å². The van der Waals surface area contributed by atoms with Crippen LogP contribution in [0.5, 0.6) is 0 Å². The van der Waals surface area contributed by atoms with Crippen LogP contribution < -0.4 is 11.0 Å². The number of imidazole rings is 1. The molecule has 0 aliphatic carbocycles. The lowest BCUT2D eigenvalue weighted by atomic mass is 9.95. The number of H-pyrrole nitrogens is 1. The molecule has 0 saturated carbocycles. The molecule has 0 spiro atoms. The van der Waals surface area contributed by atoms with Gasteiger partial charge in [0, 0.05) is 12.6 Å². The fourth-order valence-corrected chi connectivity index (χ4v) is 2.41. The van der Waals surface area contributed by atoms with Gasteiger partial charge in [-0.25, -0.2) is 9.59 Å². The van der Waals surface area contributed by atoms with Crippen molar-refractivity contribution in [3.8, 4) is 0 Å². The van der Waals surface area contributed by atoms with Gasteiger partial charge in [-0.1, -0.05) is 13.3 Å². The molecule has 0 aliphatic heterocycles. The van der Waals surface area contributed by atoms with Gasteiger partial charge in [0.15, 0.2) is 0 Å². The molecule has 7 nitrogen and oxygen atoms in total. The molecule has 7 heteroatoms. The molecule has 0 saturated heterocycles. The summed E-state index contributed by atoms with van der Waals surface area (Å²) in [5, 5.41) is 11.9. The molecule has 2 rings (SSSR count). The maximum atomic E-state index is 12.3. The van der Waals surface area contributed by atoms with Crippen LogP contribution in [0.15, 0.2) is 23.0 Å². The Balaban J connectivity index is 2.35. The molecule has 1 amide bonds. The summed E-state index contributed by atoms with van der Waals surface area (Å²) in [7, 11) is 1.60. The molecular formula is C15H19N3O4. The van der Waals surface area contributed by atoms with Crippen LogP contribution in [-0.2, 0) is 11.8 Å². The molecule has 0 aliphatic rings. The predicted octanol–water partition coefficient (Wildman–Crippen LogP) is 1.24. The Morgan fingerprint density at radius 1 is 1.41 bits per heavy atom. The Labute approximate surface area is 127 Å². The van der Waals surface area contributed by atoms with E-state index in [1.54, 1.807) is 25.2 Å². The highest BCUT2D eigenvalue weighted by molar-refractivity contribution is 6.00. The van der Waals surface area contributed by atoms with E-state index in [9.17, 15) is 19.5 Å². The first-order chi connectivity index (χ1) is 10.3. The van der Waals surface area contributed by atoms with Crippen molar-refractivity contribution in [2.75, 3.05) is 0 Å². The maximum Gasteiger partial charge on any atom is 0.329 e. The summed E-state index contributed by atoms with van der Waals surface area (Å²) < 4.78 is 1.40. The van der Waals surface area contributed by atoms with E-state index in [2.05, 4.69) is 10.3 Å². The van der Waals surface area contributed by atoms with Gasteiger partial charge in [-0.15, -0.1) is 0 Å². The smallest absolute Gasteiger partial charge is 0.329 e. The highest BCUT2D eigenvalue weighted by Crippen LogP contribution is 2.16. The standard InChI is InChI=1S/C15H19N3O4/c1-4-7-15(2,13(20)21)17-12(19)9-5-6-10-11(8-9)18(3)14(22)16-10/h5-6,8H,4,7H2,1-3H3,(H,16,22)(H,17,19)(H,20,21). The van der Waals surface area contributed by atoms with E-state index < -0.39 is 17.4 Å². The van der Waals surface area contributed by atoms with Gasteiger partial charge in [0.05, 0.1) is 11.0 Å². The number of rotatable bonds is 5. The molecule has 1 atom stereocenters. The number of amides is 1. The summed E-state index contributed by atoms with van der Waals surface area (Å²) >= 11 is 0. The molecular weight excluding hydrogens is 286 g/mol. The van der Waals surface area contributed by atoms with Crippen molar-refractivity contribution in [2.24, 2.45) is 7.05 Å². The first-order valence-corrected chi connectivity index (χ1v) is 7.03. The van der Waals surface area contributed by atoms with Crippen LogP contribution in [0.25, 0.3) is 11.0 Å². The molecule has 1 heterocycles. The van der Waals surface area contributed by atoms with Gasteiger partial charge in [-0.05, 0) is 31.5 Å². The lowest BCUT2D eigenvalue weighted by Crippen LogP contribution is -2.52. The number of aromatic nitrogens is 2. The summed E-state index contributed by atoms with van der Waals surface area (Å²) in [4.78, 5) is 37.9. The highest BCUT2D eigenvalue weighted by Gasteiger charge is 2.34. The second-order valence-electron chi connectivity index (χ2n) is 5.56. The Morgan fingerprint density at radius 3 is 2.68 bits per heavy atom. The van der Waals surface area contributed by atoms with Crippen molar-refractivity contribution in [3.63, 3.8) is 0 Å². The number of aryl methyl sites for hydroxylation is 1. The molecule has 1 unspecified atom stereocenters. The minimum absolute atomic E-state index is 0.270. The molecule has 22 heavy (non-hydrogen) atoms. The molecule has 118 valence electrons. The average Bonchev–Trinajstić information content (AvgIpc) is 2.73. The van der Waals surface area contributed by atoms with Crippen molar-refractivity contribution >= 4 is 22.9 Å². The zero-order valence-electron chi connectivity index (χ0n) is 12.8. The maximum absolute atomic E-state index is 12.3. The van der Waals surface area contributed by atoms with Crippen LogP contribution in [0, 0.1) is 0 Å². The number of fused-ring (bicyclic) bond motifs is 1. The second kappa shape index (κ2) is 5.67. The SMILES string of the molecule is CCCC(C)(NC(=O)c1ccc2[nH]c(=O)n(C)c2c1)C(=O)O. The Hall–Kier alpha value is -2.57. The minimum Gasteiger partial charge on any atom is -0.480 e. The van der Waals surface area contributed by atoms with Crippen molar-refractivity contribution in [2.45, 2.75) is 32.2 Å². The van der Waals surface area contributed by atoms with E-state index in [-0.39, 0.29) is 5.69 Å². The largest absolute Gasteiger partial charge is 0.480 e. The molecule has 0 radical (unpaired) electrons. The normalized spacial score (nSPS) is 13.8. The molecule has 0 fully saturated rings. The third kappa shape index (κ3) is 2.74. The van der Waals surface area contributed by atoms with E-state index in [0.29, 0.717) is 29.4 Å². The van der Waals surface area contributed by atoms with E-state index >= 15 is 0 Å². The number of nitrogens with zero attached hydrogens (tertiary/aromatic N) is 1. The lowest BCUT2D eigenvalue weighted by Gasteiger charge is -2.25. The number of carboxylic acid groups (broad SMARTS) is 1. The van der Waals surface area contributed by atoms with Gasteiger partial charge < -0.3 is 15.4 Å². The third-order valence-electron chi connectivity index (χ3n) is 3.78. The predicted molar refractivity (Wildman–Crippen MR) is 82.0 cm³/mol. The first-order valence-electron chi connectivity index (χ1n) is 7.03. The van der Waals surface area contributed by atoms with Crippen LogP contribution in [0.4, 0.5) is 0 Å². The number of hydrogen-bond acceptors (Lipinski definition) is 3. The van der Waals surface area contributed by atoms with Crippen LogP contribution >= 0.6 is 0 Å². The van der Waals surface area contributed by atoms with Crippen molar-refractivity contribution in [3.05, 3.63) is 34.2 Å². The monoisotopic (exact) mass is 305 g/mol. The highest BCUT2D eigenvalue weighted by atomic mass is 16.4. The molecule has 0 bridgehead atoms. The summed E-state index contributed by atoms with van der Waals surface area (Å²) in [6.07, 6.45) is 0.966. The number of hydrogen-bond donors (Lipinski definition) is 3. The van der Waals surface area contributed by atoms with Crippen molar-refractivity contribution in [1.29, 1.82) is 0 Å². The summed E-state index contributed by atoms with van der Waals surface area (Å²) in [6.45, 7) is 3.34. The summed E-state index contributed by atoms with van der Waals surface area (Å²) in [5.41, 5.74) is -0.0615. The van der Waals surface area contributed by atoms with Crippen molar-refractivity contribution < 1.29 is 14.7 Å². The number of aromatic amines is 1. The number of nitrogens with one attached hydrogen (secondary N) is 2. The second-order valence-corrected chi connectivity index (χ2v) is 5.56. The molecule has 2 aromatic rings. The number of carboxylic acids is 1. The molecule has 1 aromatic heterocycles. The van der Waals surface area contributed by atoms with Gasteiger partial charge in [0.25, 0.3) is 5.91 Å². The van der Waals surface area contributed by atoms with E-state index in [4.69, 9.17) is 0 Å². The fraction of sp³-hybridized carbons (Fsp3) is 0.400. The van der Waals surface area contributed by atoms with Gasteiger partial charge in [-0.2, -0.15) is 0 Å². The number of carbonyl (C=O) groups excluding carboxylic acids is 1. The number of aliphatic carboxylic acids is 1. The Morgan fingerprint density at radius 2 is 2.09 bits per heavy atom. The minimum atomic E-state index is -1.31. The Bertz CT molecular complexity index is 790. The quantitative estimate of drug-likeness (QED) is 0.773. The number of carbonyl (C=O) groups is 2. The van der Waals surface area contributed by atoms with E-state index in [1.807, 2.05) is 6.92 Å². The Kier molecular flexibility index (Phi) is 4.07. The average molecular weight is 305 g/mol. The third-order valence-corrected chi connectivity index (χ3v) is 3.78. The summed E-state index contributed by atoms with van der Waals surface area (Å²) in [5.74, 6) is -1.55. The molecule has 3 N–H and O–H groups in total. The zero-order chi connectivity index (χ0) is 16.5. The topological polar surface area (TPSA) is 104 Å². The van der Waals surface area contributed by atoms with Crippen LogP contribution in [-0.4, -0.2) is 32.1 Å². The van der Waals surface area contributed by atoms with E-state index in [0.717, 1.165) is 0 Å². The van der Waals surface area contributed by atoms with E-state index in [1.165, 1.54) is 11.5 Å². The lowest BCUT2D eigenvalue weighted by molar-refractivity contribution is -0.144. The van der Waals surface area contributed by atoms with Crippen LogP contribution in [0.2, 0.25) is 0 Å². The van der Waals surface area contributed by atoms with Gasteiger partial charge in [0.1, 0.15) is 5.54 Å². The van der Waals surface area contributed by atoms with Crippen LogP contribution in [0.3, 0.4) is 0 Å². The number of benzene rings is 1. The summed E-state index contributed by atoms with van der Waals surface area (Å²) in [6, 6.07) is 4.75. The van der Waals surface area contributed by atoms with Gasteiger partial charge >= 0.3 is 11.7 Å².